The largest absolute Gasteiger partial charge is 0.508 e. The predicted molar refractivity (Wildman–Crippen MR) is 93.6 cm³/mol. The van der Waals surface area contributed by atoms with Crippen LogP contribution in [0.1, 0.15) is 22.3 Å². The van der Waals surface area contributed by atoms with E-state index in [0.29, 0.717) is 35.6 Å². The molecule has 0 saturated heterocycles. The lowest BCUT2D eigenvalue weighted by molar-refractivity contribution is 0.0981. The Morgan fingerprint density at radius 2 is 1.87 bits per heavy atom. The summed E-state index contributed by atoms with van der Waals surface area (Å²) < 4.78 is 10.5. The number of aromatic hydroxyl groups is 1. The number of benzene rings is 2. The van der Waals surface area contributed by atoms with Crippen molar-refractivity contribution >= 4 is 20.9 Å². The molecule has 0 aliphatic rings. The van der Waals surface area contributed by atoms with Gasteiger partial charge in [-0.1, -0.05) is 12.1 Å². The number of hydrogen-bond donors (Lipinski definition) is 2. The lowest BCUT2D eigenvalue weighted by Gasteiger charge is -2.14. The molecule has 0 saturated carbocycles. The van der Waals surface area contributed by atoms with E-state index >= 15 is 0 Å². The van der Waals surface area contributed by atoms with E-state index in [1.165, 1.54) is 7.11 Å². The Balaban J connectivity index is 2.22. The summed E-state index contributed by atoms with van der Waals surface area (Å²) in [6.45, 7) is 0. The van der Waals surface area contributed by atoms with Gasteiger partial charge in [0.2, 0.25) is 0 Å². The van der Waals surface area contributed by atoms with Crippen LogP contribution in [0.3, 0.4) is 0 Å². The monoisotopic (exact) mass is 333 g/mol. The van der Waals surface area contributed by atoms with Crippen LogP contribution in [0.15, 0.2) is 36.4 Å². The summed E-state index contributed by atoms with van der Waals surface area (Å²) >= 11 is 0. The maximum atomic E-state index is 12.6. The zero-order chi connectivity index (χ0) is 16.8. The fourth-order valence-corrected chi connectivity index (χ4v) is 2.54. The van der Waals surface area contributed by atoms with Crippen molar-refractivity contribution in [2.75, 3.05) is 19.3 Å². The van der Waals surface area contributed by atoms with Crippen molar-refractivity contribution < 1.29 is 19.4 Å². The number of aryl methyl sites for hydroxylation is 1. The Bertz CT molecular complexity index is 660. The number of carbonyl (C=O) groups excluding carboxylic acids is 1. The Morgan fingerprint density at radius 3 is 2.43 bits per heavy atom. The average Bonchev–Trinajstić information content (AvgIpc) is 2.59. The van der Waals surface area contributed by atoms with Crippen molar-refractivity contribution in [2.45, 2.75) is 12.8 Å². The number of phenols is 1. The second-order valence-electron chi connectivity index (χ2n) is 4.99. The number of anilines is 1. The van der Waals surface area contributed by atoms with Crippen molar-refractivity contribution in [2.24, 2.45) is 0 Å². The molecule has 1 unspecified atom stereocenters. The Morgan fingerprint density at radius 1 is 1.17 bits per heavy atom. The predicted octanol–water partition coefficient (Wildman–Crippen LogP) is 3.43. The maximum absolute atomic E-state index is 12.6. The van der Waals surface area contributed by atoms with Gasteiger partial charge in [-0.05, 0) is 33.5 Å². The van der Waals surface area contributed by atoms with E-state index in [9.17, 15) is 9.90 Å². The van der Waals surface area contributed by atoms with Gasteiger partial charge < -0.3 is 19.7 Å². The third-order valence-corrected chi connectivity index (χ3v) is 3.85. The smallest absolute Gasteiger partial charge is 0.169 e. The number of ketones is 1. The highest BCUT2D eigenvalue weighted by Gasteiger charge is 2.18. The fourth-order valence-electron chi connectivity index (χ4n) is 2.32. The van der Waals surface area contributed by atoms with Gasteiger partial charge in [0.1, 0.15) is 17.2 Å². The number of carbonyl (C=O) groups is 1. The maximum Gasteiger partial charge on any atom is 0.169 e. The average molecular weight is 333 g/mol. The van der Waals surface area contributed by atoms with Gasteiger partial charge in [0, 0.05) is 18.6 Å². The molecular formula is C17H20NO4P. The number of methoxy groups -OCH3 is 2. The van der Waals surface area contributed by atoms with Crippen molar-refractivity contribution in [3.8, 4) is 17.2 Å². The molecule has 0 aliphatic carbocycles. The van der Waals surface area contributed by atoms with Gasteiger partial charge in [0.15, 0.2) is 5.78 Å². The van der Waals surface area contributed by atoms with Crippen molar-refractivity contribution in [1.29, 1.82) is 0 Å². The van der Waals surface area contributed by atoms with Crippen LogP contribution in [0.2, 0.25) is 0 Å². The molecule has 1 atom stereocenters. The zero-order valence-electron chi connectivity index (χ0n) is 13.1. The van der Waals surface area contributed by atoms with E-state index in [2.05, 4.69) is 14.5 Å². The number of Topliss-reactive ketones (excluding diaryl/α,β-unsaturated/α-hetero) is 1. The molecule has 2 N–H and O–H groups in total. The lowest BCUT2D eigenvalue weighted by Crippen LogP contribution is -2.07. The van der Waals surface area contributed by atoms with E-state index in [0.717, 1.165) is 5.56 Å². The highest BCUT2D eigenvalue weighted by atomic mass is 31.0. The van der Waals surface area contributed by atoms with Crippen LogP contribution in [-0.4, -0.2) is 25.1 Å². The molecule has 0 amide bonds. The van der Waals surface area contributed by atoms with Gasteiger partial charge in [-0.2, -0.15) is 0 Å². The third-order valence-electron chi connectivity index (χ3n) is 3.54. The quantitative estimate of drug-likeness (QED) is 0.600. The molecule has 0 aromatic heterocycles. The molecule has 0 radical (unpaired) electrons. The van der Waals surface area contributed by atoms with Gasteiger partial charge in [0.05, 0.1) is 25.5 Å². The van der Waals surface area contributed by atoms with E-state index in [-0.39, 0.29) is 11.5 Å². The zero-order valence-corrected chi connectivity index (χ0v) is 14.3. The number of phenolic OH excluding ortho intramolecular Hbond substituents is 1. The molecule has 5 nitrogen and oxygen atoms in total. The SMILES string of the molecule is COc1cc(NP)c(C(=O)CCc2ccc(O)cc2)c(OC)c1. The summed E-state index contributed by atoms with van der Waals surface area (Å²) in [5, 5.41) is 12.2. The minimum Gasteiger partial charge on any atom is -0.508 e. The first-order valence-electron chi connectivity index (χ1n) is 7.12. The van der Waals surface area contributed by atoms with E-state index in [1.807, 2.05) is 12.1 Å². The Hall–Kier alpha value is -2.26. The van der Waals surface area contributed by atoms with Gasteiger partial charge in [-0.25, -0.2) is 0 Å². The summed E-state index contributed by atoms with van der Waals surface area (Å²) in [5.74, 6) is 1.28. The van der Waals surface area contributed by atoms with Crippen molar-refractivity contribution in [3.05, 3.63) is 47.5 Å². The summed E-state index contributed by atoms with van der Waals surface area (Å²) in [6.07, 6.45) is 0.928. The van der Waals surface area contributed by atoms with Gasteiger partial charge in [-0.3, -0.25) is 4.79 Å². The highest BCUT2D eigenvalue weighted by molar-refractivity contribution is 7.18. The molecule has 0 heterocycles. The molecule has 0 bridgehead atoms. The fraction of sp³-hybridized carbons (Fsp3) is 0.235. The van der Waals surface area contributed by atoms with Crippen LogP contribution in [0.4, 0.5) is 5.69 Å². The lowest BCUT2D eigenvalue weighted by atomic mass is 10.0. The van der Waals surface area contributed by atoms with Crippen LogP contribution in [-0.2, 0) is 6.42 Å². The first kappa shape index (κ1) is 17.1. The summed E-state index contributed by atoms with van der Waals surface area (Å²) in [6, 6.07) is 10.3. The van der Waals surface area contributed by atoms with Crippen LogP contribution >= 0.6 is 9.39 Å². The number of nitrogens with one attached hydrogen (secondary N) is 1. The van der Waals surface area contributed by atoms with Crippen LogP contribution < -0.4 is 14.6 Å². The van der Waals surface area contributed by atoms with Crippen molar-refractivity contribution in [1.82, 2.24) is 0 Å². The molecule has 2 aromatic carbocycles. The molecule has 0 fully saturated rings. The molecule has 23 heavy (non-hydrogen) atoms. The number of ether oxygens (including phenoxy) is 2. The summed E-state index contributed by atoms with van der Waals surface area (Å²) in [7, 11) is 5.47. The normalized spacial score (nSPS) is 10.2. The first-order valence-corrected chi connectivity index (χ1v) is 7.70. The van der Waals surface area contributed by atoms with Gasteiger partial charge in [0.25, 0.3) is 0 Å². The molecule has 6 heteroatoms. The molecular weight excluding hydrogens is 313 g/mol. The minimum atomic E-state index is -0.0254. The molecule has 2 aromatic rings. The number of rotatable bonds is 7. The minimum absolute atomic E-state index is 0.0254. The summed E-state index contributed by atoms with van der Waals surface area (Å²) in [4.78, 5) is 12.6. The summed E-state index contributed by atoms with van der Waals surface area (Å²) in [5.41, 5.74) is 2.13. The van der Waals surface area contributed by atoms with Crippen molar-refractivity contribution in [3.63, 3.8) is 0 Å². The van der Waals surface area contributed by atoms with Crippen LogP contribution in [0, 0.1) is 0 Å². The van der Waals surface area contributed by atoms with E-state index in [4.69, 9.17) is 9.47 Å². The topological polar surface area (TPSA) is 67.8 Å². The van der Waals surface area contributed by atoms with Crippen LogP contribution in [0.5, 0.6) is 17.2 Å². The Labute approximate surface area is 137 Å². The standard InChI is InChI=1S/C17H20NO4P/c1-21-13-9-14(18-23)17(16(10-13)22-2)15(20)8-5-11-3-6-12(19)7-4-11/h3-4,6-7,9-10,18-19H,5,8,23H2,1-2H3. The second kappa shape index (κ2) is 7.84. The third kappa shape index (κ3) is 4.14. The molecule has 122 valence electrons. The van der Waals surface area contributed by atoms with Gasteiger partial charge >= 0.3 is 0 Å². The second-order valence-corrected chi connectivity index (χ2v) is 5.27. The van der Waals surface area contributed by atoms with Crippen LogP contribution in [0.25, 0.3) is 0 Å². The highest BCUT2D eigenvalue weighted by Crippen LogP contribution is 2.34. The van der Waals surface area contributed by atoms with E-state index < -0.39 is 0 Å². The molecule has 0 spiro atoms. The molecule has 0 aliphatic heterocycles. The van der Waals surface area contributed by atoms with E-state index in [1.54, 1.807) is 31.4 Å². The molecule has 2 rings (SSSR count). The Kier molecular flexibility index (Phi) is 5.83. The first-order chi connectivity index (χ1) is 11.1. The number of hydrogen-bond acceptors (Lipinski definition) is 5. The van der Waals surface area contributed by atoms with Gasteiger partial charge in [-0.15, -0.1) is 0 Å².